The van der Waals surface area contributed by atoms with Gasteiger partial charge in [-0.3, -0.25) is 9.59 Å². The number of fused-ring (bicyclic) bond motifs is 1. The van der Waals surface area contributed by atoms with E-state index in [1.807, 2.05) is 6.92 Å². The third-order valence-electron chi connectivity index (χ3n) is 4.35. The van der Waals surface area contributed by atoms with Crippen molar-refractivity contribution in [3.05, 3.63) is 0 Å². The van der Waals surface area contributed by atoms with Crippen molar-refractivity contribution >= 4 is 11.8 Å². The summed E-state index contributed by atoms with van der Waals surface area (Å²) in [6.07, 6.45) is 2.73. The number of hydrogen-bond donors (Lipinski definition) is 0. The second kappa shape index (κ2) is 2.38. The average molecular weight is 194 g/mol. The number of hydrogen-bond acceptors (Lipinski definition) is 3. The molecule has 3 fully saturated rings. The molecular weight excluding hydrogens is 180 g/mol. The third kappa shape index (κ3) is 0.677. The quantitative estimate of drug-likeness (QED) is 0.620. The number of ketones is 1. The zero-order chi connectivity index (χ0) is 9.92. The molecule has 4 atom stereocenters. The van der Waals surface area contributed by atoms with Gasteiger partial charge >= 0.3 is 5.97 Å². The molecule has 3 aliphatic rings. The highest BCUT2D eigenvalue weighted by atomic mass is 16.5. The third-order valence-corrected chi connectivity index (χ3v) is 4.35. The highest BCUT2D eigenvalue weighted by Crippen LogP contribution is 2.76. The number of carbonyl (C=O) groups is 2. The number of esters is 1. The lowest BCUT2D eigenvalue weighted by Gasteiger charge is -2.15. The summed E-state index contributed by atoms with van der Waals surface area (Å²) in [5.41, 5.74) is -0.340. The molecule has 14 heavy (non-hydrogen) atoms. The Morgan fingerprint density at radius 1 is 1.57 bits per heavy atom. The molecular formula is C11H14O3. The average Bonchev–Trinajstić information content (AvgIpc) is 2.64. The van der Waals surface area contributed by atoms with Gasteiger partial charge in [-0.2, -0.15) is 0 Å². The van der Waals surface area contributed by atoms with E-state index in [-0.39, 0.29) is 17.3 Å². The van der Waals surface area contributed by atoms with Crippen LogP contribution in [0, 0.1) is 23.2 Å². The van der Waals surface area contributed by atoms with Crippen LogP contribution in [0.4, 0.5) is 0 Å². The van der Waals surface area contributed by atoms with Gasteiger partial charge in [-0.1, -0.05) is 0 Å². The first-order valence-electron chi connectivity index (χ1n) is 5.42. The van der Waals surface area contributed by atoms with Gasteiger partial charge in [0, 0.05) is 12.3 Å². The minimum absolute atomic E-state index is 0.0419. The SMILES string of the molecule is CCOC(=O)[C@@]12C3CC[C@@H]1CC(=O)C32. The molecule has 3 rings (SSSR count). The Morgan fingerprint density at radius 2 is 2.36 bits per heavy atom. The van der Waals surface area contributed by atoms with Crippen LogP contribution in [0.15, 0.2) is 0 Å². The molecule has 0 aromatic carbocycles. The standard InChI is InChI=1S/C11H14O3/c1-2-14-10(13)11-6-3-4-7(11)9(11)8(12)5-6/h6-7,9H,2-5H2,1H3/t6-,7?,9?,11-/m1/s1. The molecule has 3 aliphatic carbocycles. The van der Waals surface area contributed by atoms with E-state index in [0.29, 0.717) is 30.6 Å². The fraction of sp³-hybridized carbons (Fsp3) is 0.818. The molecule has 0 saturated heterocycles. The predicted molar refractivity (Wildman–Crippen MR) is 48.4 cm³/mol. The second-order valence-electron chi connectivity index (χ2n) is 4.68. The first kappa shape index (κ1) is 8.45. The van der Waals surface area contributed by atoms with Crippen molar-refractivity contribution in [1.29, 1.82) is 0 Å². The van der Waals surface area contributed by atoms with E-state index in [9.17, 15) is 9.59 Å². The lowest BCUT2D eigenvalue weighted by molar-refractivity contribution is -0.151. The Hall–Kier alpha value is -0.860. The van der Waals surface area contributed by atoms with Gasteiger partial charge in [0.05, 0.1) is 12.0 Å². The zero-order valence-electron chi connectivity index (χ0n) is 8.29. The van der Waals surface area contributed by atoms with Crippen molar-refractivity contribution < 1.29 is 14.3 Å². The maximum Gasteiger partial charge on any atom is 0.313 e. The largest absolute Gasteiger partial charge is 0.466 e. The fourth-order valence-corrected chi connectivity index (χ4v) is 3.90. The van der Waals surface area contributed by atoms with Crippen LogP contribution in [0.2, 0.25) is 0 Å². The minimum Gasteiger partial charge on any atom is -0.466 e. The van der Waals surface area contributed by atoms with Crippen molar-refractivity contribution in [1.82, 2.24) is 0 Å². The summed E-state index contributed by atoms with van der Waals surface area (Å²) in [5.74, 6) is 0.908. The van der Waals surface area contributed by atoms with E-state index < -0.39 is 0 Å². The van der Waals surface area contributed by atoms with Gasteiger partial charge in [0.2, 0.25) is 0 Å². The number of Topliss-reactive ketones (excluding diaryl/α,β-unsaturated/α-hetero) is 1. The Balaban J connectivity index is 1.92. The van der Waals surface area contributed by atoms with Crippen LogP contribution < -0.4 is 0 Å². The molecule has 0 amide bonds. The van der Waals surface area contributed by atoms with Crippen LogP contribution in [-0.2, 0) is 14.3 Å². The van der Waals surface area contributed by atoms with Crippen LogP contribution in [0.1, 0.15) is 26.2 Å². The van der Waals surface area contributed by atoms with Gasteiger partial charge in [-0.25, -0.2) is 0 Å². The summed E-state index contributed by atoms with van der Waals surface area (Å²) in [4.78, 5) is 23.4. The van der Waals surface area contributed by atoms with E-state index in [0.717, 1.165) is 12.8 Å². The summed E-state index contributed by atoms with van der Waals surface area (Å²) >= 11 is 0. The number of carbonyl (C=O) groups excluding carboxylic acids is 2. The number of rotatable bonds is 2. The molecule has 3 saturated carbocycles. The molecule has 0 heterocycles. The van der Waals surface area contributed by atoms with Crippen molar-refractivity contribution in [3.63, 3.8) is 0 Å². The van der Waals surface area contributed by atoms with E-state index >= 15 is 0 Å². The topological polar surface area (TPSA) is 43.4 Å². The molecule has 0 radical (unpaired) electrons. The first-order chi connectivity index (χ1) is 6.72. The van der Waals surface area contributed by atoms with Crippen LogP contribution in [0.25, 0.3) is 0 Å². The fourth-order valence-electron chi connectivity index (χ4n) is 3.90. The van der Waals surface area contributed by atoms with E-state index in [4.69, 9.17) is 4.74 Å². The van der Waals surface area contributed by atoms with Gasteiger partial charge in [-0.15, -0.1) is 0 Å². The molecule has 0 N–H and O–H groups in total. The van der Waals surface area contributed by atoms with Crippen LogP contribution >= 0.6 is 0 Å². The van der Waals surface area contributed by atoms with Crippen LogP contribution in [0.3, 0.4) is 0 Å². The van der Waals surface area contributed by atoms with Crippen molar-refractivity contribution in [2.24, 2.45) is 23.2 Å². The van der Waals surface area contributed by atoms with Gasteiger partial charge < -0.3 is 4.74 Å². The Kier molecular flexibility index (Phi) is 1.44. The molecule has 0 aliphatic heterocycles. The molecule has 0 spiro atoms. The molecule has 0 bridgehead atoms. The summed E-state index contributed by atoms with van der Waals surface area (Å²) in [5, 5.41) is 0. The smallest absolute Gasteiger partial charge is 0.313 e. The van der Waals surface area contributed by atoms with Crippen LogP contribution in [0.5, 0.6) is 0 Å². The molecule has 2 unspecified atom stereocenters. The van der Waals surface area contributed by atoms with Crippen molar-refractivity contribution in [2.75, 3.05) is 6.61 Å². The first-order valence-corrected chi connectivity index (χ1v) is 5.42. The second-order valence-corrected chi connectivity index (χ2v) is 4.68. The van der Waals surface area contributed by atoms with E-state index in [1.165, 1.54) is 0 Å². The predicted octanol–water partition coefficient (Wildman–Crippen LogP) is 1.16. The summed E-state index contributed by atoms with van der Waals surface area (Å²) in [6.45, 7) is 2.26. The Morgan fingerprint density at radius 3 is 2.93 bits per heavy atom. The zero-order valence-corrected chi connectivity index (χ0v) is 8.29. The van der Waals surface area contributed by atoms with Crippen molar-refractivity contribution in [3.8, 4) is 0 Å². The molecule has 76 valence electrons. The lowest BCUT2D eigenvalue weighted by Crippen LogP contribution is -2.24. The Bertz CT molecular complexity index is 322. The highest BCUT2D eigenvalue weighted by Gasteiger charge is 2.82. The van der Waals surface area contributed by atoms with E-state index in [1.54, 1.807) is 0 Å². The number of ether oxygens (including phenoxy) is 1. The molecule has 0 aromatic heterocycles. The molecule has 0 aromatic rings. The highest BCUT2D eigenvalue weighted by molar-refractivity contribution is 6.00. The maximum absolute atomic E-state index is 11.8. The molecule has 3 heteroatoms. The maximum atomic E-state index is 11.8. The summed E-state index contributed by atoms with van der Waals surface area (Å²) in [7, 11) is 0. The van der Waals surface area contributed by atoms with Crippen molar-refractivity contribution in [2.45, 2.75) is 26.2 Å². The summed E-state index contributed by atoms with van der Waals surface area (Å²) < 4.78 is 5.11. The van der Waals surface area contributed by atoms with Gasteiger partial charge in [0.15, 0.2) is 0 Å². The van der Waals surface area contributed by atoms with Gasteiger partial charge in [-0.05, 0) is 31.6 Å². The summed E-state index contributed by atoms with van der Waals surface area (Å²) in [6, 6.07) is 0. The van der Waals surface area contributed by atoms with Crippen LogP contribution in [-0.4, -0.2) is 18.4 Å². The molecule has 3 nitrogen and oxygen atoms in total. The monoisotopic (exact) mass is 194 g/mol. The van der Waals surface area contributed by atoms with Gasteiger partial charge in [0.25, 0.3) is 0 Å². The lowest BCUT2D eigenvalue weighted by atomic mass is 9.92. The van der Waals surface area contributed by atoms with Gasteiger partial charge in [0.1, 0.15) is 5.78 Å². The minimum atomic E-state index is -0.340. The van der Waals surface area contributed by atoms with E-state index in [2.05, 4.69) is 0 Å². The Labute approximate surface area is 82.8 Å². The normalized spacial score (nSPS) is 47.8.